The summed E-state index contributed by atoms with van der Waals surface area (Å²) in [7, 11) is 0. The predicted molar refractivity (Wildman–Crippen MR) is 76.0 cm³/mol. The Bertz CT molecular complexity index is 367. The lowest BCUT2D eigenvalue weighted by Gasteiger charge is -2.17. The number of halogens is 1. The summed E-state index contributed by atoms with van der Waals surface area (Å²) in [6, 6.07) is 7.14. The third kappa shape index (κ3) is 2.82. The molecule has 2 rings (SSSR count). The molecule has 1 N–H and O–H groups in total. The van der Waals surface area contributed by atoms with E-state index < -0.39 is 0 Å². The highest BCUT2D eigenvalue weighted by Gasteiger charge is 2.23. The molecule has 88 valence electrons. The molecule has 1 fully saturated rings. The molecule has 0 aliphatic carbocycles. The van der Waals surface area contributed by atoms with E-state index in [1.54, 1.807) is 0 Å². The maximum absolute atomic E-state index is 3.66. The van der Waals surface area contributed by atoms with Crippen molar-refractivity contribution < 1.29 is 0 Å². The standard InChI is InChI=1S/C13H18BrNS/c1-9-4-3-5-11(13(9)14)6-15-12-8-16-7-10(12)2/h3-5,10,12,15H,6-8H2,1-2H3/t10-,12-/m1/s1. The van der Waals surface area contributed by atoms with Crippen molar-refractivity contribution in [3.63, 3.8) is 0 Å². The number of benzene rings is 1. The van der Waals surface area contributed by atoms with Crippen LogP contribution in [0.4, 0.5) is 0 Å². The summed E-state index contributed by atoms with van der Waals surface area (Å²) in [5.74, 6) is 3.35. The van der Waals surface area contributed by atoms with Crippen LogP contribution in [-0.4, -0.2) is 17.5 Å². The van der Waals surface area contributed by atoms with Gasteiger partial charge in [0, 0.05) is 22.8 Å². The van der Waals surface area contributed by atoms with Crippen LogP contribution in [0.15, 0.2) is 22.7 Å². The lowest BCUT2D eigenvalue weighted by Crippen LogP contribution is -2.33. The molecule has 0 spiro atoms. The summed E-state index contributed by atoms with van der Waals surface area (Å²) >= 11 is 5.72. The van der Waals surface area contributed by atoms with Crippen molar-refractivity contribution in [2.75, 3.05) is 11.5 Å². The quantitative estimate of drug-likeness (QED) is 0.915. The Balaban J connectivity index is 1.96. The molecule has 0 aromatic heterocycles. The largest absolute Gasteiger partial charge is 0.309 e. The van der Waals surface area contributed by atoms with E-state index in [4.69, 9.17) is 0 Å². The Morgan fingerprint density at radius 3 is 2.94 bits per heavy atom. The minimum absolute atomic E-state index is 0.678. The van der Waals surface area contributed by atoms with E-state index in [0.717, 1.165) is 12.5 Å². The van der Waals surface area contributed by atoms with E-state index in [1.807, 2.05) is 0 Å². The fourth-order valence-electron chi connectivity index (χ4n) is 2.01. The Morgan fingerprint density at radius 1 is 1.44 bits per heavy atom. The second-order valence-electron chi connectivity index (χ2n) is 4.55. The smallest absolute Gasteiger partial charge is 0.0249 e. The van der Waals surface area contributed by atoms with E-state index >= 15 is 0 Å². The van der Waals surface area contributed by atoms with Crippen LogP contribution in [0.25, 0.3) is 0 Å². The van der Waals surface area contributed by atoms with Gasteiger partial charge < -0.3 is 5.32 Å². The second kappa shape index (κ2) is 5.56. The highest BCUT2D eigenvalue weighted by molar-refractivity contribution is 9.10. The van der Waals surface area contributed by atoms with Crippen molar-refractivity contribution in [2.24, 2.45) is 5.92 Å². The first-order valence-corrected chi connectivity index (χ1v) is 7.68. The predicted octanol–water partition coefficient (Wildman–Crippen LogP) is 3.60. The van der Waals surface area contributed by atoms with Crippen LogP contribution in [-0.2, 0) is 6.54 Å². The van der Waals surface area contributed by atoms with E-state index in [2.05, 4.69) is 65.1 Å². The normalized spacial score (nSPS) is 24.9. The number of nitrogens with one attached hydrogen (secondary N) is 1. The Morgan fingerprint density at radius 2 is 2.25 bits per heavy atom. The van der Waals surface area contributed by atoms with Gasteiger partial charge in [0.15, 0.2) is 0 Å². The summed E-state index contributed by atoms with van der Waals surface area (Å²) in [4.78, 5) is 0. The van der Waals surface area contributed by atoms with Gasteiger partial charge in [0.25, 0.3) is 0 Å². The maximum Gasteiger partial charge on any atom is 0.0249 e. The van der Waals surface area contributed by atoms with Gasteiger partial charge in [-0.1, -0.05) is 41.1 Å². The van der Waals surface area contributed by atoms with Gasteiger partial charge in [0.1, 0.15) is 0 Å². The van der Waals surface area contributed by atoms with Crippen molar-refractivity contribution >= 4 is 27.7 Å². The Kier molecular flexibility index (Phi) is 4.34. The van der Waals surface area contributed by atoms with Gasteiger partial charge >= 0.3 is 0 Å². The maximum atomic E-state index is 3.66. The van der Waals surface area contributed by atoms with Crippen LogP contribution in [0.1, 0.15) is 18.1 Å². The van der Waals surface area contributed by atoms with Gasteiger partial charge in [-0.25, -0.2) is 0 Å². The zero-order valence-electron chi connectivity index (χ0n) is 9.79. The molecule has 1 aliphatic rings. The SMILES string of the molecule is Cc1cccc(CN[C@@H]2CSC[C@H]2C)c1Br. The Labute approximate surface area is 111 Å². The van der Waals surface area contributed by atoms with Crippen molar-refractivity contribution in [2.45, 2.75) is 26.4 Å². The zero-order chi connectivity index (χ0) is 11.5. The molecule has 0 saturated carbocycles. The van der Waals surface area contributed by atoms with Crippen LogP contribution < -0.4 is 5.32 Å². The lowest BCUT2D eigenvalue weighted by atomic mass is 10.1. The molecule has 1 aliphatic heterocycles. The molecule has 0 bridgehead atoms. The van der Waals surface area contributed by atoms with Gasteiger partial charge in [-0.05, 0) is 29.7 Å². The van der Waals surface area contributed by atoms with Gasteiger partial charge in [0.2, 0.25) is 0 Å². The van der Waals surface area contributed by atoms with Crippen LogP contribution in [0.5, 0.6) is 0 Å². The van der Waals surface area contributed by atoms with E-state index in [1.165, 1.54) is 27.1 Å². The summed E-state index contributed by atoms with van der Waals surface area (Å²) in [5, 5.41) is 3.66. The molecule has 16 heavy (non-hydrogen) atoms. The number of hydrogen-bond acceptors (Lipinski definition) is 2. The van der Waals surface area contributed by atoms with Crippen LogP contribution >= 0.6 is 27.7 Å². The van der Waals surface area contributed by atoms with Crippen molar-refractivity contribution in [1.29, 1.82) is 0 Å². The zero-order valence-corrected chi connectivity index (χ0v) is 12.2. The number of aryl methyl sites for hydroxylation is 1. The average molecular weight is 300 g/mol. The first-order chi connectivity index (χ1) is 7.68. The second-order valence-corrected chi connectivity index (χ2v) is 6.42. The van der Waals surface area contributed by atoms with Crippen LogP contribution in [0.2, 0.25) is 0 Å². The van der Waals surface area contributed by atoms with Crippen molar-refractivity contribution in [3.05, 3.63) is 33.8 Å². The van der Waals surface area contributed by atoms with E-state index in [0.29, 0.717) is 6.04 Å². The highest BCUT2D eigenvalue weighted by atomic mass is 79.9. The highest BCUT2D eigenvalue weighted by Crippen LogP contribution is 2.25. The molecule has 0 unspecified atom stereocenters. The third-order valence-corrected chi connectivity index (χ3v) is 5.68. The van der Waals surface area contributed by atoms with Crippen LogP contribution in [0, 0.1) is 12.8 Å². The minimum Gasteiger partial charge on any atom is -0.309 e. The number of rotatable bonds is 3. The number of hydrogen-bond donors (Lipinski definition) is 1. The molecule has 0 radical (unpaired) electrons. The van der Waals surface area contributed by atoms with Crippen molar-refractivity contribution in [1.82, 2.24) is 5.32 Å². The molecule has 1 saturated heterocycles. The molecule has 1 aromatic carbocycles. The minimum atomic E-state index is 0.678. The summed E-state index contributed by atoms with van der Waals surface area (Å²) < 4.78 is 1.25. The molecule has 1 heterocycles. The van der Waals surface area contributed by atoms with Crippen molar-refractivity contribution in [3.8, 4) is 0 Å². The summed E-state index contributed by atoms with van der Waals surface area (Å²) in [6.45, 7) is 5.45. The monoisotopic (exact) mass is 299 g/mol. The molecule has 1 nitrogen and oxygen atoms in total. The van der Waals surface area contributed by atoms with Gasteiger partial charge in [-0.3, -0.25) is 0 Å². The molecule has 2 atom stereocenters. The Hall–Kier alpha value is 0.01000. The summed E-state index contributed by atoms with van der Waals surface area (Å²) in [5.41, 5.74) is 2.68. The first-order valence-electron chi connectivity index (χ1n) is 5.73. The summed E-state index contributed by atoms with van der Waals surface area (Å²) in [6.07, 6.45) is 0. The first kappa shape index (κ1) is 12.5. The average Bonchev–Trinajstić information content (AvgIpc) is 2.67. The fraction of sp³-hybridized carbons (Fsp3) is 0.538. The molecular weight excluding hydrogens is 282 g/mol. The third-order valence-electron chi connectivity index (χ3n) is 3.19. The van der Waals surface area contributed by atoms with Gasteiger partial charge in [-0.2, -0.15) is 11.8 Å². The van der Waals surface area contributed by atoms with Crippen LogP contribution in [0.3, 0.4) is 0 Å². The molecule has 1 aromatic rings. The van der Waals surface area contributed by atoms with E-state index in [-0.39, 0.29) is 0 Å². The van der Waals surface area contributed by atoms with Gasteiger partial charge in [0.05, 0.1) is 0 Å². The lowest BCUT2D eigenvalue weighted by molar-refractivity contribution is 0.453. The molecule has 3 heteroatoms. The molecule has 0 amide bonds. The molecular formula is C13H18BrNS. The fourth-order valence-corrected chi connectivity index (χ4v) is 3.85. The number of thioether (sulfide) groups is 1. The van der Waals surface area contributed by atoms with Gasteiger partial charge in [-0.15, -0.1) is 0 Å². The van der Waals surface area contributed by atoms with E-state index in [9.17, 15) is 0 Å². The topological polar surface area (TPSA) is 12.0 Å².